The van der Waals surface area contributed by atoms with Crippen molar-refractivity contribution in [2.75, 3.05) is 11.9 Å². The molecule has 1 N–H and O–H groups in total. The molecule has 0 spiro atoms. The van der Waals surface area contributed by atoms with Gasteiger partial charge in [-0.1, -0.05) is 46.1 Å². The van der Waals surface area contributed by atoms with Crippen molar-refractivity contribution in [3.05, 3.63) is 56.3 Å². The number of nitrogens with one attached hydrogen (secondary N) is 1. The van der Waals surface area contributed by atoms with Crippen molar-refractivity contribution in [2.24, 2.45) is 0 Å². The molecule has 160 valence electrons. The minimum atomic E-state index is -0.348. The number of carbonyl (C=O) groups is 1. The smallest absolute Gasteiger partial charge is 0.262 e. The van der Waals surface area contributed by atoms with Crippen molar-refractivity contribution < 1.29 is 9.53 Å². The van der Waals surface area contributed by atoms with Crippen LogP contribution in [0.1, 0.15) is 17.0 Å². The topological polar surface area (TPSA) is 81.4 Å². The zero-order valence-electron chi connectivity index (χ0n) is 16.7. The first-order valence-electron chi connectivity index (χ1n) is 9.12. The summed E-state index contributed by atoms with van der Waals surface area (Å²) in [6.07, 6.45) is 0. The average molecular weight is 497 g/mol. The number of carbonyl (C=O) groups excluding carboxylic acids is 1. The van der Waals surface area contributed by atoms with E-state index in [1.807, 2.05) is 19.1 Å². The van der Waals surface area contributed by atoms with Crippen LogP contribution >= 0.6 is 46.1 Å². The van der Waals surface area contributed by atoms with Gasteiger partial charge < -0.3 is 10.1 Å². The molecule has 11 heteroatoms. The van der Waals surface area contributed by atoms with Gasteiger partial charge in [0.15, 0.2) is 18.2 Å². The van der Waals surface area contributed by atoms with Gasteiger partial charge in [-0.25, -0.2) is 0 Å². The number of halogens is 3. The predicted molar refractivity (Wildman–Crippen MR) is 124 cm³/mol. The maximum absolute atomic E-state index is 12.3. The normalized spacial score (nSPS) is 11.2. The fraction of sp³-hybridized carbons (Fsp3) is 0.200. The van der Waals surface area contributed by atoms with Crippen LogP contribution in [0.5, 0.6) is 5.75 Å². The number of aromatic nitrogens is 4. The van der Waals surface area contributed by atoms with Gasteiger partial charge in [-0.15, -0.1) is 10.2 Å². The van der Waals surface area contributed by atoms with Crippen molar-refractivity contribution in [3.8, 4) is 16.3 Å². The molecule has 0 aliphatic carbocycles. The third-order valence-corrected chi connectivity index (χ3v) is 7.05. The largest absolute Gasteiger partial charge is 0.481 e. The van der Waals surface area contributed by atoms with E-state index in [9.17, 15) is 4.79 Å². The van der Waals surface area contributed by atoms with Gasteiger partial charge in [-0.05, 0) is 56.2 Å². The third-order valence-electron chi connectivity index (χ3n) is 4.63. The SMILES string of the molecule is Cc1c(Cl)c(C)c(Cl)c(OCC(=O)Nc2ccc(-c3nn4c(C)nnc4s3)cc2)c1Cl. The van der Waals surface area contributed by atoms with E-state index in [0.717, 1.165) is 21.4 Å². The number of anilines is 1. The Morgan fingerprint density at radius 1 is 1.03 bits per heavy atom. The van der Waals surface area contributed by atoms with E-state index in [1.54, 1.807) is 30.5 Å². The third kappa shape index (κ3) is 4.21. The second-order valence-electron chi connectivity index (χ2n) is 6.78. The molecule has 0 bridgehead atoms. The molecule has 0 saturated heterocycles. The lowest BCUT2D eigenvalue weighted by Gasteiger charge is -2.15. The summed E-state index contributed by atoms with van der Waals surface area (Å²) in [5.74, 6) is 0.624. The molecule has 2 aromatic carbocycles. The van der Waals surface area contributed by atoms with E-state index in [4.69, 9.17) is 39.5 Å². The monoisotopic (exact) mass is 495 g/mol. The van der Waals surface area contributed by atoms with Crippen LogP contribution in [-0.4, -0.2) is 32.3 Å². The fourth-order valence-electron chi connectivity index (χ4n) is 2.90. The van der Waals surface area contributed by atoms with E-state index in [-0.39, 0.29) is 28.3 Å². The van der Waals surface area contributed by atoms with Gasteiger partial charge in [0.25, 0.3) is 5.91 Å². The first-order chi connectivity index (χ1) is 14.8. The number of rotatable bonds is 5. The second kappa shape index (κ2) is 8.63. The molecule has 0 aliphatic heterocycles. The lowest BCUT2D eigenvalue weighted by molar-refractivity contribution is -0.118. The molecule has 4 rings (SSSR count). The summed E-state index contributed by atoms with van der Waals surface area (Å²) in [6.45, 7) is 5.12. The Hall–Kier alpha value is -2.39. The Bertz CT molecular complexity index is 1270. The minimum absolute atomic E-state index is 0.242. The number of hydrogen-bond acceptors (Lipinski definition) is 6. The van der Waals surface area contributed by atoms with Gasteiger partial charge in [0.2, 0.25) is 4.96 Å². The summed E-state index contributed by atoms with van der Waals surface area (Å²) in [5.41, 5.74) is 2.83. The van der Waals surface area contributed by atoms with Crippen molar-refractivity contribution >= 4 is 62.7 Å². The highest BCUT2D eigenvalue weighted by atomic mass is 35.5. The van der Waals surface area contributed by atoms with Crippen molar-refractivity contribution in [1.29, 1.82) is 0 Å². The number of hydrogen-bond donors (Lipinski definition) is 1. The molecule has 7 nitrogen and oxygen atoms in total. The number of amides is 1. The number of nitrogens with zero attached hydrogens (tertiary/aromatic N) is 4. The predicted octanol–water partition coefficient (Wildman–Crippen LogP) is 5.76. The van der Waals surface area contributed by atoms with Gasteiger partial charge in [0, 0.05) is 16.3 Å². The van der Waals surface area contributed by atoms with Crippen LogP contribution in [0.2, 0.25) is 15.1 Å². The molecular formula is C20H16Cl3N5O2S. The Morgan fingerprint density at radius 2 is 1.68 bits per heavy atom. The summed E-state index contributed by atoms with van der Waals surface area (Å²) in [4.78, 5) is 13.1. The summed E-state index contributed by atoms with van der Waals surface area (Å²) >= 11 is 20.2. The molecule has 0 fully saturated rings. The fourth-order valence-corrected chi connectivity index (χ4v) is 4.61. The first-order valence-corrected chi connectivity index (χ1v) is 11.1. The summed E-state index contributed by atoms with van der Waals surface area (Å²) in [6, 6.07) is 7.33. The maximum atomic E-state index is 12.3. The van der Waals surface area contributed by atoms with Gasteiger partial charge in [0.05, 0.1) is 10.0 Å². The first kappa shape index (κ1) is 21.8. The number of benzene rings is 2. The number of aryl methyl sites for hydroxylation is 1. The number of fused-ring (bicyclic) bond motifs is 1. The molecule has 0 unspecified atom stereocenters. The van der Waals surface area contributed by atoms with Gasteiger partial charge >= 0.3 is 0 Å². The average Bonchev–Trinajstić information content (AvgIpc) is 3.33. The molecular weight excluding hydrogens is 481 g/mol. The van der Waals surface area contributed by atoms with Crippen LogP contribution in [-0.2, 0) is 4.79 Å². The quantitative estimate of drug-likeness (QED) is 0.380. The van der Waals surface area contributed by atoms with E-state index < -0.39 is 0 Å². The van der Waals surface area contributed by atoms with Crippen LogP contribution in [0.4, 0.5) is 5.69 Å². The van der Waals surface area contributed by atoms with Crippen LogP contribution in [0.25, 0.3) is 15.5 Å². The van der Waals surface area contributed by atoms with Crippen LogP contribution in [0.15, 0.2) is 24.3 Å². The molecule has 0 radical (unpaired) electrons. The lowest BCUT2D eigenvalue weighted by atomic mass is 10.1. The summed E-state index contributed by atoms with van der Waals surface area (Å²) in [5, 5.41) is 17.2. The molecule has 4 aromatic rings. The van der Waals surface area contributed by atoms with E-state index in [2.05, 4.69) is 20.6 Å². The highest BCUT2D eigenvalue weighted by Gasteiger charge is 2.19. The van der Waals surface area contributed by atoms with Crippen molar-refractivity contribution in [1.82, 2.24) is 19.8 Å². The van der Waals surface area contributed by atoms with Gasteiger partial charge in [-0.2, -0.15) is 9.61 Å². The Balaban J connectivity index is 1.42. The Labute approximate surface area is 196 Å². The standard InChI is InChI=1S/C20H16Cl3N5O2S/c1-9-15(21)10(2)17(23)18(16(9)22)30-8-14(29)24-13-6-4-12(5-7-13)19-27-28-11(3)25-26-20(28)31-19/h4-7H,8H2,1-3H3,(H,24,29). The summed E-state index contributed by atoms with van der Waals surface area (Å²) < 4.78 is 7.29. The van der Waals surface area contributed by atoms with Gasteiger partial charge in [-0.3, -0.25) is 4.79 Å². The minimum Gasteiger partial charge on any atom is -0.481 e. The molecule has 0 atom stereocenters. The van der Waals surface area contributed by atoms with Gasteiger partial charge in [0.1, 0.15) is 5.01 Å². The lowest BCUT2D eigenvalue weighted by Crippen LogP contribution is -2.20. The van der Waals surface area contributed by atoms with E-state index in [1.165, 1.54) is 11.3 Å². The molecule has 2 heterocycles. The molecule has 0 saturated carbocycles. The zero-order chi connectivity index (χ0) is 22.3. The molecule has 31 heavy (non-hydrogen) atoms. The molecule has 2 aromatic heterocycles. The Morgan fingerprint density at radius 3 is 2.29 bits per heavy atom. The highest BCUT2D eigenvalue weighted by Crippen LogP contribution is 2.42. The van der Waals surface area contributed by atoms with Crippen molar-refractivity contribution in [2.45, 2.75) is 20.8 Å². The zero-order valence-corrected chi connectivity index (χ0v) is 19.7. The maximum Gasteiger partial charge on any atom is 0.262 e. The van der Waals surface area contributed by atoms with Crippen LogP contribution < -0.4 is 10.1 Å². The van der Waals surface area contributed by atoms with Crippen LogP contribution in [0, 0.1) is 20.8 Å². The van der Waals surface area contributed by atoms with E-state index in [0.29, 0.717) is 21.8 Å². The number of ether oxygens (including phenoxy) is 1. The second-order valence-corrected chi connectivity index (χ2v) is 8.87. The van der Waals surface area contributed by atoms with E-state index >= 15 is 0 Å². The molecule has 1 amide bonds. The molecule has 0 aliphatic rings. The Kier molecular flexibility index (Phi) is 6.07. The summed E-state index contributed by atoms with van der Waals surface area (Å²) in [7, 11) is 0. The van der Waals surface area contributed by atoms with Crippen LogP contribution in [0.3, 0.4) is 0 Å². The van der Waals surface area contributed by atoms with Crippen molar-refractivity contribution in [3.63, 3.8) is 0 Å². The highest BCUT2D eigenvalue weighted by molar-refractivity contribution is 7.19.